The number of hydrogen-bond donors (Lipinski definition) is 2. The Balaban J connectivity index is 4.01. The number of carbonyl (C=O) groups excluding carboxylic acids is 2. The van der Waals surface area contributed by atoms with Gasteiger partial charge in [-0.05, 0) is 12.8 Å². The van der Waals surface area contributed by atoms with E-state index in [9.17, 15) is 14.4 Å². The fourth-order valence-electron chi connectivity index (χ4n) is 0.986. The lowest BCUT2D eigenvalue weighted by Gasteiger charge is -2.12. The van der Waals surface area contributed by atoms with Gasteiger partial charge in [0, 0.05) is 12.8 Å². The van der Waals surface area contributed by atoms with Gasteiger partial charge in [0.1, 0.15) is 12.3 Å². The van der Waals surface area contributed by atoms with Crippen LogP contribution in [0.15, 0.2) is 0 Å². The first-order valence-electron chi connectivity index (χ1n) is 4.57. The molecule has 2 N–H and O–H groups in total. The highest BCUT2D eigenvalue weighted by Gasteiger charge is 2.18. The van der Waals surface area contributed by atoms with E-state index in [-0.39, 0.29) is 18.7 Å². The molecule has 0 saturated carbocycles. The molecule has 0 fully saturated rings. The summed E-state index contributed by atoms with van der Waals surface area (Å²) < 4.78 is 0. The lowest BCUT2D eigenvalue weighted by Crippen LogP contribution is -2.40. The first kappa shape index (κ1) is 12.6. The summed E-state index contributed by atoms with van der Waals surface area (Å²) in [7, 11) is 0. The number of carboxylic acid groups (broad SMARTS) is 1. The maximum Gasteiger partial charge on any atom is 0.326 e. The van der Waals surface area contributed by atoms with Crippen LogP contribution in [0.25, 0.3) is 0 Å². The summed E-state index contributed by atoms with van der Waals surface area (Å²) >= 11 is 0. The standard InChI is InChI=1S/C9H15NO4/c1-2-4-8(12)10-7(9(13)14)5-3-6-11/h6-7H,2-5H2,1H3,(H,10,12)(H,13,14)/t7-/m0/s1. The molecule has 0 aromatic rings. The van der Waals surface area contributed by atoms with Crippen LogP contribution in [0.5, 0.6) is 0 Å². The fraction of sp³-hybridized carbons (Fsp3) is 0.667. The van der Waals surface area contributed by atoms with E-state index in [4.69, 9.17) is 5.11 Å². The molecular weight excluding hydrogens is 186 g/mol. The second kappa shape index (κ2) is 7.06. The van der Waals surface area contributed by atoms with Crippen molar-refractivity contribution in [2.75, 3.05) is 0 Å². The van der Waals surface area contributed by atoms with E-state index in [0.717, 1.165) is 0 Å². The van der Waals surface area contributed by atoms with E-state index < -0.39 is 12.0 Å². The third kappa shape index (κ3) is 5.29. The molecule has 0 aromatic heterocycles. The monoisotopic (exact) mass is 201 g/mol. The van der Waals surface area contributed by atoms with Gasteiger partial charge in [0.05, 0.1) is 0 Å². The summed E-state index contributed by atoms with van der Waals surface area (Å²) in [6.07, 6.45) is 1.91. The molecule has 0 rings (SSSR count). The highest BCUT2D eigenvalue weighted by atomic mass is 16.4. The Kier molecular flexibility index (Phi) is 6.36. The summed E-state index contributed by atoms with van der Waals surface area (Å²) in [6, 6.07) is -0.945. The van der Waals surface area contributed by atoms with E-state index in [0.29, 0.717) is 19.1 Å². The number of aliphatic carboxylic acids is 1. The molecule has 0 aliphatic carbocycles. The van der Waals surface area contributed by atoms with Crippen molar-refractivity contribution in [3.05, 3.63) is 0 Å². The second-order valence-electron chi connectivity index (χ2n) is 2.95. The molecule has 0 spiro atoms. The van der Waals surface area contributed by atoms with Crippen molar-refractivity contribution in [3.63, 3.8) is 0 Å². The molecule has 0 aliphatic rings. The molecular formula is C9H15NO4. The van der Waals surface area contributed by atoms with Crippen LogP contribution in [0.1, 0.15) is 32.6 Å². The lowest BCUT2D eigenvalue weighted by atomic mass is 10.1. The van der Waals surface area contributed by atoms with Gasteiger partial charge >= 0.3 is 5.97 Å². The maximum atomic E-state index is 11.1. The van der Waals surface area contributed by atoms with Crippen LogP contribution in [-0.2, 0) is 14.4 Å². The smallest absolute Gasteiger partial charge is 0.326 e. The Bertz CT molecular complexity index is 215. The number of hydrogen-bond acceptors (Lipinski definition) is 3. The van der Waals surface area contributed by atoms with Gasteiger partial charge in [-0.2, -0.15) is 0 Å². The molecule has 1 atom stereocenters. The van der Waals surface area contributed by atoms with E-state index in [1.807, 2.05) is 6.92 Å². The molecule has 0 heterocycles. The summed E-state index contributed by atoms with van der Waals surface area (Å²) in [5.74, 6) is -1.39. The van der Waals surface area contributed by atoms with Gasteiger partial charge in [-0.15, -0.1) is 0 Å². The van der Waals surface area contributed by atoms with Gasteiger partial charge in [-0.3, -0.25) is 4.79 Å². The van der Waals surface area contributed by atoms with E-state index in [1.165, 1.54) is 0 Å². The summed E-state index contributed by atoms with van der Waals surface area (Å²) in [5.41, 5.74) is 0. The molecule has 0 saturated heterocycles. The van der Waals surface area contributed by atoms with Gasteiger partial charge in [-0.1, -0.05) is 6.92 Å². The molecule has 0 aromatic carbocycles. The van der Waals surface area contributed by atoms with Crippen molar-refractivity contribution in [1.82, 2.24) is 5.32 Å². The van der Waals surface area contributed by atoms with Gasteiger partial charge in [-0.25, -0.2) is 4.79 Å². The Hall–Kier alpha value is -1.39. The number of aldehydes is 1. The third-order valence-corrected chi connectivity index (χ3v) is 1.68. The number of carbonyl (C=O) groups is 3. The molecule has 5 nitrogen and oxygen atoms in total. The number of rotatable bonds is 7. The fourth-order valence-corrected chi connectivity index (χ4v) is 0.986. The average Bonchev–Trinajstić information content (AvgIpc) is 2.12. The normalized spacial score (nSPS) is 11.8. The van der Waals surface area contributed by atoms with Crippen LogP contribution in [0, 0.1) is 0 Å². The van der Waals surface area contributed by atoms with Crippen LogP contribution in [0.3, 0.4) is 0 Å². The first-order chi connectivity index (χ1) is 6.61. The van der Waals surface area contributed by atoms with Crippen LogP contribution in [0.2, 0.25) is 0 Å². The van der Waals surface area contributed by atoms with Crippen LogP contribution in [-0.4, -0.2) is 29.3 Å². The molecule has 0 unspecified atom stereocenters. The minimum atomic E-state index is -1.10. The van der Waals surface area contributed by atoms with Crippen LogP contribution in [0.4, 0.5) is 0 Å². The summed E-state index contributed by atoms with van der Waals surface area (Å²) in [5, 5.41) is 11.0. The number of amides is 1. The SMILES string of the molecule is CCCC(=O)N[C@@H](CCC=O)C(=O)O. The Morgan fingerprint density at radius 1 is 1.50 bits per heavy atom. The predicted octanol–water partition coefficient (Wildman–Crippen LogP) is 0.335. The van der Waals surface area contributed by atoms with Crippen molar-refractivity contribution in [2.45, 2.75) is 38.6 Å². The van der Waals surface area contributed by atoms with Crippen LogP contribution >= 0.6 is 0 Å². The molecule has 14 heavy (non-hydrogen) atoms. The number of carboxylic acids is 1. The second-order valence-corrected chi connectivity index (χ2v) is 2.95. The molecule has 0 radical (unpaired) electrons. The van der Waals surface area contributed by atoms with Crippen molar-refractivity contribution in [3.8, 4) is 0 Å². The Morgan fingerprint density at radius 3 is 2.57 bits per heavy atom. The average molecular weight is 201 g/mol. The van der Waals surface area contributed by atoms with Crippen LogP contribution < -0.4 is 5.32 Å². The zero-order valence-corrected chi connectivity index (χ0v) is 8.16. The van der Waals surface area contributed by atoms with Crippen molar-refractivity contribution >= 4 is 18.2 Å². The van der Waals surface area contributed by atoms with E-state index >= 15 is 0 Å². The van der Waals surface area contributed by atoms with Gasteiger partial charge in [0.2, 0.25) is 5.91 Å². The highest BCUT2D eigenvalue weighted by Crippen LogP contribution is 1.97. The predicted molar refractivity (Wildman–Crippen MR) is 49.8 cm³/mol. The van der Waals surface area contributed by atoms with E-state index in [2.05, 4.69) is 5.32 Å². The topological polar surface area (TPSA) is 83.5 Å². The van der Waals surface area contributed by atoms with Gasteiger partial charge < -0.3 is 15.2 Å². The zero-order valence-electron chi connectivity index (χ0n) is 8.16. The third-order valence-electron chi connectivity index (χ3n) is 1.68. The minimum absolute atomic E-state index is 0.142. The molecule has 1 amide bonds. The Labute approximate surface area is 82.5 Å². The number of nitrogens with one attached hydrogen (secondary N) is 1. The molecule has 5 heteroatoms. The maximum absolute atomic E-state index is 11.1. The summed E-state index contributed by atoms with van der Waals surface area (Å²) in [6.45, 7) is 1.83. The largest absolute Gasteiger partial charge is 0.480 e. The van der Waals surface area contributed by atoms with E-state index in [1.54, 1.807) is 0 Å². The summed E-state index contributed by atoms with van der Waals surface area (Å²) in [4.78, 5) is 31.7. The highest BCUT2D eigenvalue weighted by molar-refractivity contribution is 5.83. The lowest BCUT2D eigenvalue weighted by molar-refractivity contribution is -0.142. The van der Waals surface area contributed by atoms with Crippen molar-refractivity contribution < 1.29 is 19.5 Å². The molecule has 80 valence electrons. The Morgan fingerprint density at radius 2 is 2.14 bits per heavy atom. The van der Waals surface area contributed by atoms with Gasteiger partial charge in [0.25, 0.3) is 0 Å². The van der Waals surface area contributed by atoms with Crippen molar-refractivity contribution in [2.24, 2.45) is 0 Å². The molecule has 0 aliphatic heterocycles. The molecule has 0 bridgehead atoms. The van der Waals surface area contributed by atoms with Gasteiger partial charge in [0.15, 0.2) is 0 Å². The quantitative estimate of drug-likeness (QED) is 0.581. The zero-order chi connectivity index (χ0) is 11.0. The van der Waals surface area contributed by atoms with Crippen molar-refractivity contribution in [1.29, 1.82) is 0 Å². The first-order valence-corrected chi connectivity index (χ1v) is 4.57. The minimum Gasteiger partial charge on any atom is -0.480 e.